The standard InChI is InChI=1S/C23H29N7O3/c1-2-4-20-19(3-1)21(28-27-20)17-24-26-18-15-22(30-8-12-32-13-9-30)25-23(16-18)33-14-7-29-5-10-31-11-6-29/h1-4,15-17H,5-14H2,(H,25,26)(H,27,28). The van der Waals surface area contributed by atoms with Gasteiger partial charge in [0.1, 0.15) is 12.4 Å². The molecule has 0 aliphatic carbocycles. The van der Waals surface area contributed by atoms with E-state index in [0.717, 1.165) is 74.0 Å². The van der Waals surface area contributed by atoms with Gasteiger partial charge in [0.15, 0.2) is 0 Å². The van der Waals surface area contributed by atoms with Gasteiger partial charge in [-0.3, -0.25) is 15.4 Å². The number of hydrogen-bond donors (Lipinski definition) is 2. The number of morpholine rings is 2. The van der Waals surface area contributed by atoms with Gasteiger partial charge in [0.05, 0.1) is 49.5 Å². The number of ether oxygens (including phenoxy) is 3. The molecule has 2 aliphatic heterocycles. The Balaban J connectivity index is 1.28. The second kappa shape index (κ2) is 10.6. The van der Waals surface area contributed by atoms with Gasteiger partial charge >= 0.3 is 0 Å². The number of benzene rings is 1. The molecule has 1 aromatic carbocycles. The molecule has 0 spiro atoms. The van der Waals surface area contributed by atoms with Crippen molar-refractivity contribution in [2.24, 2.45) is 5.10 Å². The average molecular weight is 452 g/mol. The van der Waals surface area contributed by atoms with Crippen LogP contribution >= 0.6 is 0 Å². The first-order valence-corrected chi connectivity index (χ1v) is 11.3. The Morgan fingerprint density at radius 3 is 2.70 bits per heavy atom. The summed E-state index contributed by atoms with van der Waals surface area (Å²) in [5, 5.41) is 12.8. The molecule has 0 unspecified atom stereocenters. The monoisotopic (exact) mass is 451 g/mol. The Labute approximate surface area is 192 Å². The van der Waals surface area contributed by atoms with Gasteiger partial charge in [-0.05, 0) is 6.07 Å². The fourth-order valence-corrected chi connectivity index (χ4v) is 3.94. The number of H-pyrrole nitrogens is 1. The molecule has 2 aliphatic rings. The highest BCUT2D eigenvalue weighted by molar-refractivity contribution is 5.96. The molecule has 0 radical (unpaired) electrons. The van der Waals surface area contributed by atoms with E-state index in [4.69, 9.17) is 19.2 Å². The maximum Gasteiger partial charge on any atom is 0.217 e. The zero-order valence-corrected chi connectivity index (χ0v) is 18.6. The Bertz CT molecular complexity index is 1070. The minimum Gasteiger partial charge on any atom is -0.476 e. The molecule has 10 nitrogen and oxygen atoms in total. The number of pyridine rings is 1. The molecule has 0 bridgehead atoms. The van der Waals surface area contributed by atoms with Crippen LogP contribution in [-0.4, -0.2) is 92.1 Å². The molecule has 2 aromatic heterocycles. The van der Waals surface area contributed by atoms with E-state index in [1.54, 1.807) is 6.21 Å². The molecule has 174 valence electrons. The molecule has 10 heteroatoms. The van der Waals surface area contributed by atoms with Crippen molar-refractivity contribution in [1.29, 1.82) is 0 Å². The summed E-state index contributed by atoms with van der Waals surface area (Å²) in [6, 6.07) is 11.8. The SMILES string of the molecule is C(=NNc1cc(OCCN2CCOCC2)nc(N2CCOCC2)c1)c1[nH]nc2ccccc12. The largest absolute Gasteiger partial charge is 0.476 e. The second-order valence-electron chi connectivity index (χ2n) is 7.98. The van der Waals surface area contributed by atoms with Crippen LogP contribution in [0.3, 0.4) is 0 Å². The molecule has 0 atom stereocenters. The summed E-state index contributed by atoms with van der Waals surface area (Å²) in [5.74, 6) is 1.43. The summed E-state index contributed by atoms with van der Waals surface area (Å²) in [6.45, 7) is 7.84. The molecule has 5 rings (SSSR count). The summed E-state index contributed by atoms with van der Waals surface area (Å²) >= 11 is 0. The highest BCUT2D eigenvalue weighted by Gasteiger charge is 2.15. The highest BCUT2D eigenvalue weighted by atomic mass is 16.5. The van der Waals surface area contributed by atoms with E-state index in [1.165, 1.54) is 0 Å². The number of fused-ring (bicyclic) bond motifs is 1. The minimum absolute atomic E-state index is 0.572. The first kappa shape index (κ1) is 21.6. The Morgan fingerprint density at radius 2 is 1.85 bits per heavy atom. The Morgan fingerprint density at radius 1 is 1.06 bits per heavy atom. The molecule has 2 saturated heterocycles. The second-order valence-corrected chi connectivity index (χ2v) is 7.98. The third-order valence-corrected chi connectivity index (χ3v) is 5.76. The van der Waals surface area contributed by atoms with Crippen molar-refractivity contribution in [3.8, 4) is 5.88 Å². The van der Waals surface area contributed by atoms with E-state index in [2.05, 4.69) is 30.5 Å². The normalized spacial score (nSPS) is 17.6. The van der Waals surface area contributed by atoms with E-state index in [-0.39, 0.29) is 0 Å². The molecule has 33 heavy (non-hydrogen) atoms. The lowest BCUT2D eigenvalue weighted by molar-refractivity contribution is 0.0320. The van der Waals surface area contributed by atoms with Crippen molar-refractivity contribution in [1.82, 2.24) is 20.1 Å². The number of hydrogen-bond acceptors (Lipinski definition) is 9. The minimum atomic E-state index is 0.572. The van der Waals surface area contributed by atoms with Gasteiger partial charge in [-0.15, -0.1) is 0 Å². The van der Waals surface area contributed by atoms with Crippen molar-refractivity contribution in [2.45, 2.75) is 0 Å². The summed E-state index contributed by atoms with van der Waals surface area (Å²) < 4.78 is 16.9. The molecule has 2 N–H and O–H groups in total. The Kier molecular flexibility index (Phi) is 6.95. The lowest BCUT2D eigenvalue weighted by Gasteiger charge is -2.28. The zero-order chi connectivity index (χ0) is 22.3. The summed E-state index contributed by atoms with van der Waals surface area (Å²) in [5.41, 5.74) is 5.70. The fourth-order valence-electron chi connectivity index (χ4n) is 3.94. The third kappa shape index (κ3) is 5.59. The molecule has 3 aromatic rings. The summed E-state index contributed by atoms with van der Waals surface area (Å²) in [7, 11) is 0. The van der Waals surface area contributed by atoms with Crippen molar-refractivity contribution < 1.29 is 14.2 Å². The molecular formula is C23H29N7O3. The highest BCUT2D eigenvalue weighted by Crippen LogP contribution is 2.24. The summed E-state index contributed by atoms with van der Waals surface area (Å²) in [4.78, 5) is 9.28. The molecule has 0 amide bonds. The van der Waals surface area contributed by atoms with Crippen molar-refractivity contribution in [2.75, 3.05) is 76.1 Å². The maximum absolute atomic E-state index is 6.03. The number of aromatic nitrogens is 3. The van der Waals surface area contributed by atoms with Gasteiger partial charge < -0.3 is 19.1 Å². The fraction of sp³-hybridized carbons (Fsp3) is 0.435. The van der Waals surface area contributed by atoms with Crippen LogP contribution < -0.4 is 15.1 Å². The van der Waals surface area contributed by atoms with Crippen LogP contribution in [0, 0.1) is 0 Å². The average Bonchev–Trinajstić information content (AvgIpc) is 3.28. The van der Waals surface area contributed by atoms with Crippen LogP contribution in [0.1, 0.15) is 5.69 Å². The van der Waals surface area contributed by atoms with Gasteiger partial charge in [-0.1, -0.05) is 18.2 Å². The van der Waals surface area contributed by atoms with E-state index in [1.807, 2.05) is 36.4 Å². The Hall–Kier alpha value is -3.21. The van der Waals surface area contributed by atoms with Crippen LogP contribution in [0.5, 0.6) is 5.88 Å². The molecule has 2 fully saturated rings. The number of aromatic amines is 1. The number of nitrogens with zero attached hydrogens (tertiary/aromatic N) is 5. The number of hydrazone groups is 1. The zero-order valence-electron chi connectivity index (χ0n) is 18.6. The van der Waals surface area contributed by atoms with Gasteiger partial charge in [-0.2, -0.15) is 15.2 Å². The van der Waals surface area contributed by atoms with Crippen LogP contribution in [0.15, 0.2) is 41.5 Å². The van der Waals surface area contributed by atoms with E-state index >= 15 is 0 Å². The lowest BCUT2D eigenvalue weighted by atomic mass is 10.2. The van der Waals surface area contributed by atoms with Crippen molar-refractivity contribution in [3.63, 3.8) is 0 Å². The topological polar surface area (TPSA) is 100 Å². The van der Waals surface area contributed by atoms with Crippen molar-refractivity contribution >= 4 is 28.6 Å². The predicted octanol–water partition coefficient (Wildman–Crippen LogP) is 1.95. The number of anilines is 2. The van der Waals surface area contributed by atoms with E-state index < -0.39 is 0 Å². The maximum atomic E-state index is 6.03. The number of para-hydroxylation sites is 1. The van der Waals surface area contributed by atoms with Gasteiger partial charge in [0.25, 0.3) is 0 Å². The van der Waals surface area contributed by atoms with E-state index in [0.29, 0.717) is 25.7 Å². The first-order valence-electron chi connectivity index (χ1n) is 11.3. The quantitative estimate of drug-likeness (QED) is 0.396. The van der Waals surface area contributed by atoms with Gasteiger partial charge in [-0.25, -0.2) is 0 Å². The van der Waals surface area contributed by atoms with Crippen LogP contribution in [0.2, 0.25) is 0 Å². The lowest BCUT2D eigenvalue weighted by Crippen LogP contribution is -2.38. The summed E-state index contributed by atoms with van der Waals surface area (Å²) in [6.07, 6.45) is 1.74. The predicted molar refractivity (Wildman–Crippen MR) is 127 cm³/mol. The molecule has 4 heterocycles. The van der Waals surface area contributed by atoms with E-state index in [9.17, 15) is 0 Å². The van der Waals surface area contributed by atoms with Crippen LogP contribution in [0.4, 0.5) is 11.5 Å². The van der Waals surface area contributed by atoms with Crippen molar-refractivity contribution in [3.05, 3.63) is 42.1 Å². The first-order chi connectivity index (χ1) is 16.3. The number of nitrogens with one attached hydrogen (secondary N) is 2. The molecule has 0 saturated carbocycles. The smallest absolute Gasteiger partial charge is 0.217 e. The number of rotatable bonds is 8. The van der Waals surface area contributed by atoms with Crippen LogP contribution in [0.25, 0.3) is 10.9 Å². The van der Waals surface area contributed by atoms with Gasteiger partial charge in [0.2, 0.25) is 5.88 Å². The van der Waals surface area contributed by atoms with Crippen LogP contribution in [-0.2, 0) is 9.47 Å². The third-order valence-electron chi connectivity index (χ3n) is 5.76. The molecular weight excluding hydrogens is 422 g/mol. The van der Waals surface area contributed by atoms with Gasteiger partial charge in [0, 0.05) is 50.2 Å².